The number of carbonyl (C=O) groups excluding carboxylic acids is 1. The SMILES string of the molecule is CC(c1cccc(C(F)(F)F)c1)C1(C=O)CCC1. The van der Waals surface area contributed by atoms with Gasteiger partial charge in [0.25, 0.3) is 0 Å². The highest BCUT2D eigenvalue weighted by molar-refractivity contribution is 5.63. The van der Waals surface area contributed by atoms with Crippen LogP contribution in [0.1, 0.15) is 43.2 Å². The van der Waals surface area contributed by atoms with E-state index in [2.05, 4.69) is 0 Å². The summed E-state index contributed by atoms with van der Waals surface area (Å²) in [5.41, 5.74) is -0.506. The van der Waals surface area contributed by atoms with Crippen LogP contribution in [0, 0.1) is 5.41 Å². The molecule has 98 valence electrons. The second-order valence-electron chi connectivity index (χ2n) is 5.05. The lowest BCUT2D eigenvalue weighted by atomic mass is 9.61. The fourth-order valence-corrected chi connectivity index (χ4v) is 2.55. The van der Waals surface area contributed by atoms with Crippen LogP contribution in [0.3, 0.4) is 0 Å². The first kappa shape index (κ1) is 13.1. The molecule has 4 heteroatoms. The van der Waals surface area contributed by atoms with E-state index in [1.165, 1.54) is 6.07 Å². The Hall–Kier alpha value is -1.32. The van der Waals surface area contributed by atoms with Gasteiger partial charge < -0.3 is 4.79 Å². The van der Waals surface area contributed by atoms with Gasteiger partial charge in [-0.1, -0.05) is 31.5 Å². The van der Waals surface area contributed by atoms with Gasteiger partial charge in [0, 0.05) is 5.41 Å². The number of carbonyl (C=O) groups is 1. The predicted molar refractivity (Wildman–Crippen MR) is 62.2 cm³/mol. The minimum atomic E-state index is -4.33. The van der Waals surface area contributed by atoms with Gasteiger partial charge in [-0.3, -0.25) is 0 Å². The molecular weight excluding hydrogens is 241 g/mol. The third-order valence-corrected chi connectivity index (χ3v) is 4.10. The van der Waals surface area contributed by atoms with E-state index in [0.717, 1.165) is 37.7 Å². The zero-order chi connectivity index (χ0) is 13.4. The van der Waals surface area contributed by atoms with Crippen LogP contribution in [0.2, 0.25) is 0 Å². The maximum absolute atomic E-state index is 12.6. The van der Waals surface area contributed by atoms with Crippen molar-refractivity contribution in [3.63, 3.8) is 0 Å². The molecule has 1 atom stereocenters. The molecule has 0 saturated heterocycles. The normalized spacial score (nSPS) is 20.0. The molecule has 18 heavy (non-hydrogen) atoms. The summed E-state index contributed by atoms with van der Waals surface area (Å²) in [5.74, 6) is -0.161. The minimum Gasteiger partial charge on any atom is -0.303 e. The molecule has 1 aliphatic rings. The van der Waals surface area contributed by atoms with Crippen LogP contribution < -0.4 is 0 Å². The summed E-state index contributed by atoms with van der Waals surface area (Å²) >= 11 is 0. The average Bonchev–Trinajstić information content (AvgIpc) is 2.27. The van der Waals surface area contributed by atoms with E-state index in [1.54, 1.807) is 6.07 Å². The largest absolute Gasteiger partial charge is 0.416 e. The van der Waals surface area contributed by atoms with E-state index < -0.39 is 17.2 Å². The number of halogens is 3. The van der Waals surface area contributed by atoms with E-state index in [4.69, 9.17) is 0 Å². The Labute approximate surface area is 104 Å². The fraction of sp³-hybridized carbons (Fsp3) is 0.500. The van der Waals surface area contributed by atoms with Gasteiger partial charge >= 0.3 is 6.18 Å². The van der Waals surface area contributed by atoms with Crippen LogP contribution in [0.25, 0.3) is 0 Å². The van der Waals surface area contributed by atoms with Gasteiger partial charge in [0.2, 0.25) is 0 Å². The quantitative estimate of drug-likeness (QED) is 0.741. The first-order valence-corrected chi connectivity index (χ1v) is 6.02. The van der Waals surface area contributed by atoms with Crippen molar-refractivity contribution in [1.29, 1.82) is 0 Å². The summed E-state index contributed by atoms with van der Waals surface area (Å²) in [6.45, 7) is 1.84. The van der Waals surface area contributed by atoms with Crippen LogP contribution >= 0.6 is 0 Å². The molecule has 1 fully saturated rings. The van der Waals surface area contributed by atoms with Crippen LogP contribution in [0.5, 0.6) is 0 Å². The molecule has 0 spiro atoms. The number of benzene rings is 1. The van der Waals surface area contributed by atoms with Gasteiger partial charge in [-0.2, -0.15) is 13.2 Å². The third-order valence-electron chi connectivity index (χ3n) is 4.10. The van der Waals surface area contributed by atoms with Gasteiger partial charge in [0.05, 0.1) is 5.56 Å². The number of hydrogen-bond acceptors (Lipinski definition) is 1. The molecule has 0 N–H and O–H groups in total. The molecule has 1 aromatic rings. The standard InChI is InChI=1S/C14H15F3O/c1-10(13(9-18)6-3-7-13)11-4-2-5-12(8-11)14(15,16)17/h2,4-5,8-10H,3,6-7H2,1H3. The van der Waals surface area contributed by atoms with Gasteiger partial charge in [0.1, 0.15) is 6.29 Å². The Kier molecular flexibility index (Phi) is 3.21. The predicted octanol–water partition coefficient (Wildman–Crippen LogP) is 4.18. The molecule has 0 radical (unpaired) electrons. The van der Waals surface area contributed by atoms with Gasteiger partial charge in [0.15, 0.2) is 0 Å². The molecule has 0 heterocycles. The second kappa shape index (κ2) is 4.41. The van der Waals surface area contributed by atoms with Crippen LogP contribution in [-0.2, 0) is 11.0 Å². The monoisotopic (exact) mass is 256 g/mol. The van der Waals surface area contributed by atoms with Crippen molar-refractivity contribution in [1.82, 2.24) is 0 Å². The summed E-state index contributed by atoms with van der Waals surface area (Å²) in [5, 5.41) is 0. The van der Waals surface area contributed by atoms with Crippen molar-refractivity contribution in [2.75, 3.05) is 0 Å². The molecule has 0 bridgehead atoms. The maximum Gasteiger partial charge on any atom is 0.416 e. The third kappa shape index (κ3) is 2.16. The van der Waals surface area contributed by atoms with Crippen molar-refractivity contribution < 1.29 is 18.0 Å². The summed E-state index contributed by atoms with van der Waals surface area (Å²) in [6, 6.07) is 5.30. The molecule has 1 unspecified atom stereocenters. The molecular formula is C14H15F3O. The van der Waals surface area contributed by atoms with Gasteiger partial charge in [-0.25, -0.2) is 0 Å². The Bertz CT molecular complexity index is 447. The first-order chi connectivity index (χ1) is 8.39. The van der Waals surface area contributed by atoms with Crippen molar-refractivity contribution in [3.8, 4) is 0 Å². The van der Waals surface area contributed by atoms with E-state index in [1.807, 2.05) is 6.92 Å². The van der Waals surface area contributed by atoms with E-state index in [0.29, 0.717) is 5.56 Å². The summed E-state index contributed by atoms with van der Waals surface area (Å²) < 4.78 is 37.9. The molecule has 0 amide bonds. The second-order valence-corrected chi connectivity index (χ2v) is 5.05. The number of hydrogen-bond donors (Lipinski definition) is 0. The molecule has 0 aliphatic heterocycles. The molecule has 1 aromatic carbocycles. The van der Waals surface area contributed by atoms with Crippen molar-refractivity contribution in [2.24, 2.45) is 5.41 Å². The summed E-state index contributed by atoms with van der Waals surface area (Å²) in [4.78, 5) is 11.2. The Morgan fingerprint density at radius 3 is 2.44 bits per heavy atom. The number of aldehydes is 1. The summed E-state index contributed by atoms with van der Waals surface area (Å²) in [6.07, 6.45) is -0.894. The van der Waals surface area contributed by atoms with Crippen molar-refractivity contribution in [3.05, 3.63) is 35.4 Å². The topological polar surface area (TPSA) is 17.1 Å². The smallest absolute Gasteiger partial charge is 0.303 e. The molecule has 0 aromatic heterocycles. The summed E-state index contributed by atoms with van der Waals surface area (Å²) in [7, 11) is 0. The van der Waals surface area contributed by atoms with E-state index >= 15 is 0 Å². The van der Waals surface area contributed by atoms with Crippen LogP contribution in [0.15, 0.2) is 24.3 Å². The highest BCUT2D eigenvalue weighted by Gasteiger charge is 2.42. The number of alkyl halides is 3. The van der Waals surface area contributed by atoms with Crippen molar-refractivity contribution >= 4 is 6.29 Å². The van der Waals surface area contributed by atoms with Crippen LogP contribution in [-0.4, -0.2) is 6.29 Å². The number of rotatable bonds is 3. The Morgan fingerprint density at radius 2 is 2.00 bits per heavy atom. The minimum absolute atomic E-state index is 0.161. The highest BCUT2D eigenvalue weighted by atomic mass is 19.4. The molecule has 1 aliphatic carbocycles. The van der Waals surface area contributed by atoms with E-state index in [9.17, 15) is 18.0 Å². The average molecular weight is 256 g/mol. The van der Waals surface area contributed by atoms with Gasteiger partial charge in [-0.05, 0) is 30.4 Å². The highest BCUT2D eigenvalue weighted by Crippen LogP contribution is 2.50. The fourth-order valence-electron chi connectivity index (χ4n) is 2.55. The lowest BCUT2D eigenvalue weighted by Gasteiger charge is -2.42. The zero-order valence-electron chi connectivity index (χ0n) is 10.1. The first-order valence-electron chi connectivity index (χ1n) is 6.02. The van der Waals surface area contributed by atoms with Gasteiger partial charge in [-0.15, -0.1) is 0 Å². The van der Waals surface area contributed by atoms with E-state index in [-0.39, 0.29) is 5.92 Å². The zero-order valence-corrected chi connectivity index (χ0v) is 10.1. The lowest BCUT2D eigenvalue weighted by Crippen LogP contribution is -2.36. The Morgan fingerprint density at radius 1 is 1.33 bits per heavy atom. The molecule has 1 nitrogen and oxygen atoms in total. The van der Waals surface area contributed by atoms with Crippen LogP contribution in [0.4, 0.5) is 13.2 Å². The molecule has 1 saturated carbocycles. The Balaban J connectivity index is 2.31. The maximum atomic E-state index is 12.6. The lowest BCUT2D eigenvalue weighted by molar-refractivity contribution is -0.137. The molecule has 2 rings (SSSR count). The van der Waals surface area contributed by atoms with Crippen molar-refractivity contribution in [2.45, 2.75) is 38.3 Å².